The van der Waals surface area contributed by atoms with Crippen LogP contribution < -0.4 is 5.73 Å². The van der Waals surface area contributed by atoms with Crippen LogP contribution in [0.2, 0.25) is 5.02 Å². The molecule has 1 aromatic rings. The smallest absolute Gasteiger partial charge is 0.183 e. The third kappa shape index (κ3) is 2.51. The summed E-state index contributed by atoms with van der Waals surface area (Å²) in [6, 6.07) is 6.43. The van der Waals surface area contributed by atoms with Crippen molar-refractivity contribution in [3.8, 4) is 0 Å². The quantitative estimate of drug-likeness (QED) is 0.883. The summed E-state index contributed by atoms with van der Waals surface area (Å²) in [5.74, 6) is 0. The van der Waals surface area contributed by atoms with Crippen molar-refractivity contribution < 1.29 is 8.42 Å². The largest absolute Gasteiger partial charge is 0.329 e. The van der Waals surface area contributed by atoms with E-state index in [0.29, 0.717) is 6.42 Å². The number of rotatable bonds is 4. The van der Waals surface area contributed by atoms with Crippen LogP contribution in [0.5, 0.6) is 0 Å². The molecule has 84 valence electrons. The van der Waals surface area contributed by atoms with Crippen LogP contribution in [0, 0.1) is 0 Å². The summed E-state index contributed by atoms with van der Waals surface area (Å²) in [6.07, 6.45) is 0.490. The Bertz CT molecular complexity index is 427. The summed E-state index contributed by atoms with van der Waals surface area (Å²) in [6.45, 7) is 1.91. The molecule has 1 aromatic carbocycles. The van der Waals surface area contributed by atoms with Crippen molar-refractivity contribution in [3.63, 3.8) is 0 Å². The Balaban J connectivity index is 3.23. The summed E-state index contributed by atoms with van der Waals surface area (Å²) >= 11 is 5.85. The Morgan fingerprint density at radius 3 is 2.47 bits per heavy atom. The van der Waals surface area contributed by atoms with E-state index in [1.807, 2.05) is 0 Å². The van der Waals surface area contributed by atoms with Crippen molar-refractivity contribution in [1.29, 1.82) is 0 Å². The van der Waals surface area contributed by atoms with Crippen LogP contribution in [0.1, 0.15) is 13.3 Å². The van der Waals surface area contributed by atoms with Crippen molar-refractivity contribution in [2.45, 2.75) is 23.5 Å². The molecule has 3 nitrogen and oxygen atoms in total. The summed E-state index contributed by atoms with van der Waals surface area (Å²) in [5.41, 5.74) is 5.43. The van der Waals surface area contributed by atoms with E-state index in [4.69, 9.17) is 17.3 Å². The minimum absolute atomic E-state index is 0.115. The molecule has 0 aliphatic rings. The monoisotopic (exact) mass is 247 g/mol. The van der Waals surface area contributed by atoms with E-state index in [1.165, 1.54) is 6.07 Å². The Morgan fingerprint density at radius 2 is 2.00 bits per heavy atom. The second kappa shape index (κ2) is 4.96. The third-order valence-corrected chi connectivity index (χ3v) is 5.11. The maximum atomic E-state index is 12.1. The Kier molecular flexibility index (Phi) is 4.13. The molecule has 0 bridgehead atoms. The van der Waals surface area contributed by atoms with Gasteiger partial charge in [0.05, 0.1) is 15.2 Å². The van der Waals surface area contributed by atoms with Crippen molar-refractivity contribution in [3.05, 3.63) is 29.3 Å². The first-order valence-electron chi connectivity index (χ1n) is 4.72. The van der Waals surface area contributed by atoms with Gasteiger partial charge in [-0.05, 0) is 18.6 Å². The third-order valence-electron chi connectivity index (χ3n) is 2.30. The van der Waals surface area contributed by atoms with Crippen LogP contribution in [-0.2, 0) is 9.84 Å². The zero-order valence-corrected chi connectivity index (χ0v) is 10.1. The molecule has 1 atom stereocenters. The molecule has 1 unspecified atom stereocenters. The minimum atomic E-state index is -3.39. The SMILES string of the molecule is CCC(CN)S(=O)(=O)c1ccccc1Cl. The average molecular weight is 248 g/mol. The second-order valence-electron chi connectivity index (χ2n) is 3.24. The zero-order chi connectivity index (χ0) is 11.5. The van der Waals surface area contributed by atoms with Crippen molar-refractivity contribution >= 4 is 21.4 Å². The number of halogens is 1. The van der Waals surface area contributed by atoms with Crippen LogP contribution >= 0.6 is 11.6 Å². The molecule has 5 heteroatoms. The molecule has 0 radical (unpaired) electrons. The van der Waals surface area contributed by atoms with Gasteiger partial charge < -0.3 is 5.73 Å². The fourth-order valence-electron chi connectivity index (χ4n) is 1.37. The molecular weight excluding hydrogens is 234 g/mol. The van der Waals surface area contributed by atoms with Gasteiger partial charge in [0.1, 0.15) is 0 Å². The van der Waals surface area contributed by atoms with Gasteiger partial charge in [0.25, 0.3) is 0 Å². The van der Waals surface area contributed by atoms with E-state index in [1.54, 1.807) is 25.1 Å². The van der Waals surface area contributed by atoms with Gasteiger partial charge in [0.15, 0.2) is 9.84 Å². The van der Waals surface area contributed by atoms with Gasteiger partial charge >= 0.3 is 0 Å². The standard InChI is InChI=1S/C10H14ClNO2S/c1-2-8(7-12)15(13,14)10-6-4-3-5-9(10)11/h3-6,8H,2,7,12H2,1H3. The average Bonchev–Trinajstić information content (AvgIpc) is 2.19. The van der Waals surface area contributed by atoms with Gasteiger partial charge in [0.2, 0.25) is 0 Å². The Labute approximate surface area is 95.2 Å². The molecule has 0 spiro atoms. The van der Waals surface area contributed by atoms with E-state index in [2.05, 4.69) is 0 Å². The highest BCUT2D eigenvalue weighted by atomic mass is 35.5. The van der Waals surface area contributed by atoms with E-state index in [9.17, 15) is 8.42 Å². The summed E-state index contributed by atoms with van der Waals surface area (Å²) in [5, 5.41) is -0.304. The van der Waals surface area contributed by atoms with Crippen LogP contribution in [0.25, 0.3) is 0 Å². The van der Waals surface area contributed by atoms with E-state index < -0.39 is 15.1 Å². The predicted molar refractivity (Wildman–Crippen MR) is 61.8 cm³/mol. The van der Waals surface area contributed by atoms with Gasteiger partial charge in [-0.2, -0.15) is 0 Å². The van der Waals surface area contributed by atoms with Crippen LogP contribution in [0.15, 0.2) is 29.2 Å². The van der Waals surface area contributed by atoms with Crippen LogP contribution in [0.4, 0.5) is 0 Å². The Morgan fingerprint density at radius 1 is 1.40 bits per heavy atom. The normalized spacial score (nSPS) is 13.8. The van der Waals surface area contributed by atoms with Crippen molar-refractivity contribution in [2.24, 2.45) is 5.73 Å². The summed E-state index contributed by atoms with van der Waals surface area (Å²) < 4.78 is 24.1. The lowest BCUT2D eigenvalue weighted by Crippen LogP contribution is -2.29. The first-order valence-corrected chi connectivity index (χ1v) is 6.65. The first kappa shape index (κ1) is 12.5. The lowest BCUT2D eigenvalue weighted by Gasteiger charge is -2.14. The number of hydrogen-bond donors (Lipinski definition) is 1. The molecule has 15 heavy (non-hydrogen) atoms. The lowest BCUT2D eigenvalue weighted by molar-refractivity contribution is 0.576. The molecule has 0 aliphatic carbocycles. The number of sulfone groups is 1. The van der Waals surface area contributed by atoms with Gasteiger partial charge in [-0.25, -0.2) is 8.42 Å². The fourth-order valence-corrected chi connectivity index (χ4v) is 3.49. The number of benzene rings is 1. The van der Waals surface area contributed by atoms with Crippen molar-refractivity contribution in [1.82, 2.24) is 0 Å². The Hall–Kier alpha value is -0.580. The minimum Gasteiger partial charge on any atom is -0.329 e. The highest BCUT2D eigenvalue weighted by Crippen LogP contribution is 2.25. The molecule has 0 saturated carbocycles. The molecule has 0 fully saturated rings. The van der Waals surface area contributed by atoms with Gasteiger partial charge in [0, 0.05) is 6.54 Å². The van der Waals surface area contributed by atoms with Crippen LogP contribution in [-0.4, -0.2) is 20.2 Å². The summed E-state index contributed by atoms with van der Waals surface area (Å²) in [4.78, 5) is 0.170. The van der Waals surface area contributed by atoms with Gasteiger partial charge in [-0.15, -0.1) is 0 Å². The maximum absolute atomic E-state index is 12.1. The van der Waals surface area contributed by atoms with Gasteiger partial charge in [-0.1, -0.05) is 30.7 Å². The zero-order valence-electron chi connectivity index (χ0n) is 8.48. The maximum Gasteiger partial charge on any atom is 0.183 e. The van der Waals surface area contributed by atoms with Crippen molar-refractivity contribution in [2.75, 3.05) is 6.54 Å². The fraction of sp³-hybridized carbons (Fsp3) is 0.400. The highest BCUT2D eigenvalue weighted by molar-refractivity contribution is 7.92. The molecule has 2 N–H and O–H groups in total. The van der Waals surface area contributed by atoms with Gasteiger partial charge in [-0.3, -0.25) is 0 Å². The van der Waals surface area contributed by atoms with E-state index >= 15 is 0 Å². The predicted octanol–water partition coefficient (Wildman–Crippen LogP) is 1.85. The molecule has 0 aromatic heterocycles. The molecule has 0 aliphatic heterocycles. The summed E-state index contributed by atoms with van der Waals surface area (Å²) in [7, 11) is -3.39. The first-order chi connectivity index (χ1) is 7.04. The lowest BCUT2D eigenvalue weighted by atomic mass is 10.3. The van der Waals surface area contributed by atoms with E-state index in [-0.39, 0.29) is 16.5 Å². The highest BCUT2D eigenvalue weighted by Gasteiger charge is 2.26. The van der Waals surface area contributed by atoms with E-state index in [0.717, 1.165) is 0 Å². The topological polar surface area (TPSA) is 60.2 Å². The number of hydrogen-bond acceptors (Lipinski definition) is 3. The second-order valence-corrected chi connectivity index (χ2v) is 5.85. The van der Waals surface area contributed by atoms with Crippen LogP contribution in [0.3, 0.4) is 0 Å². The molecule has 0 saturated heterocycles. The molecule has 1 rings (SSSR count). The molecular formula is C10H14ClNO2S. The number of nitrogens with two attached hydrogens (primary N) is 1. The molecule has 0 amide bonds. The molecule has 0 heterocycles.